The topological polar surface area (TPSA) is 178 Å². The molecule has 0 saturated carbocycles. The SMILES string of the molecule is Cn1c(=O)n(C2CCC(=O)NC2=O)c2ccc(C3=CCC(CC(=O)Nc4ccc5c(F)c(N6CC(=O)NS6(=O)=O)c(OCc6ccccc6)cc5c4)CC3)cc21. The molecule has 5 aromatic rings. The van der Waals surface area contributed by atoms with Gasteiger partial charge in [-0.2, -0.15) is 8.42 Å². The number of aromatic nitrogens is 2. The highest BCUT2D eigenvalue weighted by atomic mass is 32.2. The van der Waals surface area contributed by atoms with Gasteiger partial charge in [0.25, 0.3) is 5.91 Å². The molecular weight excluding hydrogens is 744 g/mol. The van der Waals surface area contributed by atoms with Crippen LogP contribution in [0.15, 0.2) is 83.7 Å². The van der Waals surface area contributed by atoms with E-state index in [0.29, 0.717) is 39.3 Å². The molecule has 288 valence electrons. The highest BCUT2D eigenvalue weighted by molar-refractivity contribution is 7.92. The summed E-state index contributed by atoms with van der Waals surface area (Å²) in [5, 5.41) is 5.67. The standard InChI is InChI=1S/C40H37FN6O8S/c1-45-32-19-26(11-14-30(32)47(40(45)52)31-15-16-34(48)43-39(31)51)25-9-7-23(8-10-25)17-35(49)42-28-12-13-29-27(18-28)20-33(55-22-24-5-3-2-4-6-24)38(37(29)41)46-21-36(50)44-56(46,53)54/h2-6,9,11-14,18-20,23,31H,7-8,10,15-17,21-22H2,1H3,(H,42,49)(H,44,50)(H,43,48,51). The first-order valence-corrected chi connectivity index (χ1v) is 19.6. The van der Waals surface area contributed by atoms with Crippen LogP contribution in [0.4, 0.5) is 15.8 Å². The van der Waals surface area contributed by atoms with Crippen LogP contribution in [0.3, 0.4) is 0 Å². The molecule has 0 bridgehead atoms. The molecule has 3 N–H and O–H groups in total. The fraction of sp³-hybridized carbons (Fsp3) is 0.275. The summed E-state index contributed by atoms with van der Waals surface area (Å²) in [6.07, 6.45) is 4.89. The Morgan fingerprint density at radius 2 is 1.75 bits per heavy atom. The fourth-order valence-corrected chi connectivity index (χ4v) is 8.89. The normalized spacial score (nSPS) is 19.5. The predicted molar refractivity (Wildman–Crippen MR) is 206 cm³/mol. The first-order chi connectivity index (χ1) is 26.9. The number of amides is 4. The van der Waals surface area contributed by atoms with Crippen molar-refractivity contribution >= 4 is 72.6 Å². The number of imide groups is 1. The molecule has 2 atom stereocenters. The summed E-state index contributed by atoms with van der Waals surface area (Å²) in [6, 6.07) is 20.1. The Labute approximate surface area is 320 Å². The number of benzene rings is 4. The van der Waals surface area contributed by atoms with E-state index in [-0.39, 0.29) is 66.1 Å². The molecule has 3 aliphatic rings. The average Bonchev–Trinajstić information content (AvgIpc) is 3.59. The van der Waals surface area contributed by atoms with Gasteiger partial charge < -0.3 is 10.1 Å². The van der Waals surface area contributed by atoms with Crippen LogP contribution in [-0.4, -0.2) is 47.7 Å². The molecule has 56 heavy (non-hydrogen) atoms. The second-order valence-electron chi connectivity index (χ2n) is 14.3. The zero-order valence-electron chi connectivity index (χ0n) is 30.2. The predicted octanol–water partition coefficient (Wildman–Crippen LogP) is 4.58. The molecule has 16 heteroatoms. The van der Waals surface area contributed by atoms with E-state index in [1.165, 1.54) is 27.3 Å². The second kappa shape index (κ2) is 14.4. The number of nitrogens with one attached hydrogen (secondary N) is 3. The summed E-state index contributed by atoms with van der Waals surface area (Å²) in [7, 11) is -2.69. The summed E-state index contributed by atoms with van der Waals surface area (Å²) in [6.45, 7) is -0.594. The van der Waals surface area contributed by atoms with E-state index in [1.54, 1.807) is 25.2 Å². The number of rotatable bonds is 9. The summed E-state index contributed by atoms with van der Waals surface area (Å²) < 4.78 is 53.1. The number of hydrogen-bond acceptors (Lipinski definition) is 8. The van der Waals surface area contributed by atoms with Gasteiger partial charge in [-0.15, -0.1) is 0 Å². The quantitative estimate of drug-likeness (QED) is 0.182. The third kappa shape index (κ3) is 6.91. The maximum absolute atomic E-state index is 16.2. The molecule has 2 aliphatic heterocycles. The number of halogens is 1. The zero-order valence-corrected chi connectivity index (χ0v) is 31.0. The van der Waals surface area contributed by atoms with E-state index in [1.807, 2.05) is 41.1 Å². The van der Waals surface area contributed by atoms with Gasteiger partial charge in [-0.25, -0.2) is 18.2 Å². The number of allylic oxidation sites excluding steroid dienone is 2. The minimum atomic E-state index is -4.34. The Morgan fingerprint density at radius 1 is 0.946 bits per heavy atom. The summed E-state index contributed by atoms with van der Waals surface area (Å²) in [5.74, 6) is -2.75. The maximum atomic E-state index is 16.2. The van der Waals surface area contributed by atoms with Crippen LogP contribution in [0.25, 0.3) is 27.4 Å². The van der Waals surface area contributed by atoms with Crippen LogP contribution in [-0.2, 0) is 43.0 Å². The molecule has 14 nitrogen and oxygen atoms in total. The van der Waals surface area contributed by atoms with Crippen molar-refractivity contribution in [2.24, 2.45) is 13.0 Å². The Bertz CT molecular complexity index is 2670. The number of imidazole rings is 1. The smallest absolute Gasteiger partial charge is 0.329 e. The number of aryl methyl sites for hydroxylation is 1. The van der Waals surface area contributed by atoms with Crippen molar-refractivity contribution in [3.63, 3.8) is 0 Å². The number of ether oxygens (including phenoxy) is 1. The number of hydrogen-bond donors (Lipinski definition) is 3. The van der Waals surface area contributed by atoms with Crippen LogP contribution in [0.1, 0.15) is 55.7 Å². The van der Waals surface area contributed by atoms with Crippen molar-refractivity contribution in [1.29, 1.82) is 0 Å². The number of carbonyl (C=O) groups is 4. The van der Waals surface area contributed by atoms with Gasteiger partial charge in [0.1, 0.15) is 30.6 Å². The lowest BCUT2D eigenvalue weighted by atomic mass is 9.84. The van der Waals surface area contributed by atoms with Gasteiger partial charge in [-0.05, 0) is 90.1 Å². The van der Waals surface area contributed by atoms with Crippen molar-refractivity contribution in [1.82, 2.24) is 19.2 Å². The highest BCUT2D eigenvalue weighted by Gasteiger charge is 2.38. The largest absolute Gasteiger partial charge is 0.487 e. The Balaban J connectivity index is 0.971. The molecule has 4 aromatic carbocycles. The molecule has 2 unspecified atom stereocenters. The third-order valence-electron chi connectivity index (χ3n) is 10.6. The zero-order chi connectivity index (χ0) is 39.3. The van der Waals surface area contributed by atoms with Gasteiger partial charge in [-0.3, -0.25) is 33.6 Å². The van der Waals surface area contributed by atoms with Gasteiger partial charge in [0.05, 0.1) is 11.0 Å². The molecule has 2 saturated heterocycles. The van der Waals surface area contributed by atoms with E-state index in [4.69, 9.17) is 4.74 Å². The van der Waals surface area contributed by atoms with Crippen LogP contribution >= 0.6 is 0 Å². The summed E-state index contributed by atoms with van der Waals surface area (Å²) in [5.41, 5.74) is 3.79. The lowest BCUT2D eigenvalue weighted by molar-refractivity contribution is -0.135. The fourth-order valence-electron chi connectivity index (χ4n) is 7.73. The van der Waals surface area contributed by atoms with E-state index in [0.717, 1.165) is 23.1 Å². The number of carbonyl (C=O) groups excluding carboxylic acids is 4. The Kier molecular flexibility index (Phi) is 9.44. The molecule has 0 spiro atoms. The van der Waals surface area contributed by atoms with E-state index < -0.39 is 40.4 Å². The highest BCUT2D eigenvalue weighted by Crippen LogP contribution is 2.41. The summed E-state index contributed by atoms with van der Waals surface area (Å²) >= 11 is 0. The lowest BCUT2D eigenvalue weighted by Crippen LogP contribution is -2.44. The third-order valence-corrected chi connectivity index (χ3v) is 12.0. The number of piperidine rings is 1. The number of anilines is 2. The van der Waals surface area contributed by atoms with Gasteiger partial charge in [0.15, 0.2) is 5.82 Å². The minimum absolute atomic E-state index is 0.00832. The summed E-state index contributed by atoms with van der Waals surface area (Å²) in [4.78, 5) is 62.7. The lowest BCUT2D eigenvalue weighted by Gasteiger charge is -2.23. The number of fused-ring (bicyclic) bond motifs is 2. The van der Waals surface area contributed by atoms with Crippen LogP contribution < -0.4 is 30.1 Å². The molecule has 3 heterocycles. The number of nitrogens with zero attached hydrogens (tertiary/aromatic N) is 3. The molecule has 8 rings (SSSR count). The van der Waals surface area contributed by atoms with Crippen molar-refractivity contribution in [2.45, 2.75) is 51.2 Å². The van der Waals surface area contributed by atoms with E-state index >= 15 is 4.39 Å². The molecule has 0 radical (unpaired) electrons. The van der Waals surface area contributed by atoms with Gasteiger partial charge in [0, 0.05) is 31.0 Å². The first-order valence-electron chi connectivity index (χ1n) is 18.2. The van der Waals surface area contributed by atoms with Gasteiger partial charge in [-0.1, -0.05) is 42.5 Å². The Hall–Kier alpha value is -6.29. The van der Waals surface area contributed by atoms with Crippen molar-refractivity contribution in [3.05, 3.63) is 106 Å². The monoisotopic (exact) mass is 780 g/mol. The molecular formula is C40H37FN6O8S. The molecule has 1 aliphatic carbocycles. The van der Waals surface area contributed by atoms with Crippen molar-refractivity contribution in [2.75, 3.05) is 16.2 Å². The van der Waals surface area contributed by atoms with Crippen molar-refractivity contribution in [3.8, 4) is 5.75 Å². The van der Waals surface area contributed by atoms with Gasteiger partial charge in [0.2, 0.25) is 17.7 Å². The van der Waals surface area contributed by atoms with E-state index in [2.05, 4.69) is 16.7 Å². The second-order valence-corrected chi connectivity index (χ2v) is 15.9. The van der Waals surface area contributed by atoms with Crippen LogP contribution in [0, 0.1) is 11.7 Å². The molecule has 4 amide bonds. The Morgan fingerprint density at radius 3 is 2.46 bits per heavy atom. The van der Waals surface area contributed by atoms with Gasteiger partial charge >= 0.3 is 15.9 Å². The molecule has 1 aromatic heterocycles. The minimum Gasteiger partial charge on any atom is -0.487 e. The van der Waals surface area contributed by atoms with Crippen LogP contribution in [0.2, 0.25) is 0 Å². The maximum Gasteiger partial charge on any atom is 0.329 e. The van der Waals surface area contributed by atoms with E-state index in [9.17, 15) is 32.4 Å². The average molecular weight is 781 g/mol. The molecule has 2 fully saturated rings. The first kappa shape index (κ1) is 36.7. The van der Waals surface area contributed by atoms with Crippen LogP contribution in [0.5, 0.6) is 5.75 Å². The van der Waals surface area contributed by atoms with Crippen molar-refractivity contribution < 1.29 is 36.7 Å².